The lowest BCUT2D eigenvalue weighted by Gasteiger charge is -2.07. The molecule has 0 bridgehead atoms. The molecular weight excluding hydrogens is 368 g/mol. The number of hydrogen-bond acceptors (Lipinski definition) is 2. The highest BCUT2D eigenvalue weighted by Crippen LogP contribution is 2.19. The zero-order chi connectivity index (χ0) is 21.3. The fraction of sp³-hybridized carbons (Fsp3) is 0.536. The van der Waals surface area contributed by atoms with E-state index in [1.54, 1.807) is 0 Å². The molecule has 30 heavy (non-hydrogen) atoms. The molecule has 0 aliphatic heterocycles. The summed E-state index contributed by atoms with van der Waals surface area (Å²) >= 11 is 0. The van der Waals surface area contributed by atoms with Crippen molar-refractivity contribution in [1.29, 1.82) is 0 Å². The fourth-order valence-corrected chi connectivity index (χ4v) is 3.79. The van der Waals surface area contributed by atoms with Crippen LogP contribution < -0.4 is 0 Å². The van der Waals surface area contributed by atoms with Gasteiger partial charge in [0.25, 0.3) is 0 Å². The summed E-state index contributed by atoms with van der Waals surface area (Å²) in [5.74, 6) is -0.120. The van der Waals surface area contributed by atoms with Gasteiger partial charge >= 0.3 is 5.97 Å². The van der Waals surface area contributed by atoms with Crippen molar-refractivity contribution in [3.05, 3.63) is 60.2 Å². The molecule has 0 heterocycles. The Morgan fingerprint density at radius 3 is 1.70 bits per heavy atom. The second-order valence-electron chi connectivity index (χ2n) is 8.35. The van der Waals surface area contributed by atoms with E-state index >= 15 is 0 Å². The third-order valence-electron chi connectivity index (χ3n) is 5.67. The lowest BCUT2D eigenvalue weighted by Crippen LogP contribution is -2.09. The highest BCUT2D eigenvalue weighted by atomic mass is 16.5. The summed E-state index contributed by atoms with van der Waals surface area (Å²) in [6.07, 6.45) is 16.2. The average molecular weight is 409 g/mol. The van der Waals surface area contributed by atoms with E-state index in [-0.39, 0.29) is 5.97 Å². The van der Waals surface area contributed by atoms with Gasteiger partial charge in [0.05, 0.1) is 13.0 Å². The summed E-state index contributed by atoms with van der Waals surface area (Å²) in [6, 6.07) is 18.5. The lowest BCUT2D eigenvalue weighted by molar-refractivity contribution is -0.142. The maximum Gasteiger partial charge on any atom is 0.310 e. The molecule has 2 heteroatoms. The van der Waals surface area contributed by atoms with E-state index in [1.807, 2.05) is 30.3 Å². The molecule has 0 aliphatic rings. The highest BCUT2D eigenvalue weighted by Gasteiger charge is 2.05. The molecule has 0 saturated carbocycles. The number of benzene rings is 2. The normalized spacial score (nSPS) is 10.8. The van der Waals surface area contributed by atoms with Gasteiger partial charge in [0, 0.05) is 0 Å². The van der Waals surface area contributed by atoms with Crippen LogP contribution in [0.25, 0.3) is 11.1 Å². The molecule has 0 amide bonds. The van der Waals surface area contributed by atoms with E-state index in [1.165, 1.54) is 75.3 Å². The Bertz CT molecular complexity index is 676. The number of carbonyl (C=O) groups is 1. The molecule has 0 aromatic heterocycles. The van der Waals surface area contributed by atoms with Crippen molar-refractivity contribution in [3.63, 3.8) is 0 Å². The van der Waals surface area contributed by atoms with Crippen LogP contribution in [0.1, 0.15) is 89.5 Å². The highest BCUT2D eigenvalue weighted by molar-refractivity contribution is 5.73. The Hall–Kier alpha value is -2.09. The summed E-state index contributed by atoms with van der Waals surface area (Å²) < 4.78 is 5.41. The maximum absolute atomic E-state index is 12.0. The van der Waals surface area contributed by atoms with Gasteiger partial charge in [-0.15, -0.1) is 0 Å². The van der Waals surface area contributed by atoms with Gasteiger partial charge in [-0.2, -0.15) is 0 Å². The van der Waals surface area contributed by atoms with Crippen LogP contribution >= 0.6 is 0 Å². The molecule has 0 radical (unpaired) electrons. The van der Waals surface area contributed by atoms with Crippen LogP contribution in [0.15, 0.2) is 54.6 Å². The molecule has 2 rings (SSSR count). The molecule has 0 saturated heterocycles. The SMILES string of the molecule is CCCCCCCCCCCCCCOC(=O)Cc1ccc(-c2ccccc2)cc1. The Morgan fingerprint density at radius 1 is 0.633 bits per heavy atom. The van der Waals surface area contributed by atoms with Crippen molar-refractivity contribution in [2.24, 2.45) is 0 Å². The predicted molar refractivity (Wildman–Crippen MR) is 128 cm³/mol. The topological polar surface area (TPSA) is 26.3 Å². The monoisotopic (exact) mass is 408 g/mol. The van der Waals surface area contributed by atoms with Gasteiger partial charge in [-0.25, -0.2) is 0 Å². The van der Waals surface area contributed by atoms with E-state index in [9.17, 15) is 4.79 Å². The van der Waals surface area contributed by atoms with Crippen LogP contribution in [0, 0.1) is 0 Å². The number of ether oxygens (including phenoxy) is 1. The molecule has 0 spiro atoms. The Balaban J connectivity index is 1.46. The van der Waals surface area contributed by atoms with Crippen LogP contribution in [0.5, 0.6) is 0 Å². The van der Waals surface area contributed by atoms with Crippen LogP contribution in [0.4, 0.5) is 0 Å². The maximum atomic E-state index is 12.0. The molecule has 0 aliphatic carbocycles. The summed E-state index contributed by atoms with van der Waals surface area (Å²) in [4.78, 5) is 12.0. The van der Waals surface area contributed by atoms with Gasteiger partial charge in [0.15, 0.2) is 0 Å². The molecule has 0 N–H and O–H groups in total. The number of unbranched alkanes of at least 4 members (excludes halogenated alkanes) is 11. The molecule has 2 aromatic carbocycles. The van der Waals surface area contributed by atoms with E-state index in [0.717, 1.165) is 18.4 Å². The van der Waals surface area contributed by atoms with Gasteiger partial charge in [-0.1, -0.05) is 132 Å². The number of rotatable bonds is 16. The quantitative estimate of drug-likeness (QED) is 0.207. The Labute approximate surface area is 184 Å². The smallest absolute Gasteiger partial charge is 0.310 e. The standard InChI is InChI=1S/C28H40O2/c1-2-3-4-5-6-7-8-9-10-11-12-16-23-30-28(29)24-25-19-21-27(22-20-25)26-17-14-13-15-18-26/h13-15,17-22H,2-12,16,23-24H2,1H3. The summed E-state index contributed by atoms with van der Waals surface area (Å²) in [7, 11) is 0. The minimum Gasteiger partial charge on any atom is -0.465 e. The van der Waals surface area contributed by atoms with E-state index in [0.29, 0.717) is 13.0 Å². The summed E-state index contributed by atoms with van der Waals surface area (Å²) in [6.45, 7) is 2.82. The third-order valence-corrected chi connectivity index (χ3v) is 5.67. The van der Waals surface area contributed by atoms with Gasteiger partial charge in [-0.3, -0.25) is 4.79 Å². The summed E-state index contributed by atoms with van der Waals surface area (Å²) in [5.41, 5.74) is 3.37. The van der Waals surface area contributed by atoms with Crippen molar-refractivity contribution in [2.75, 3.05) is 6.61 Å². The zero-order valence-electron chi connectivity index (χ0n) is 18.9. The van der Waals surface area contributed by atoms with Crippen molar-refractivity contribution in [2.45, 2.75) is 90.4 Å². The number of esters is 1. The van der Waals surface area contributed by atoms with E-state index in [2.05, 4.69) is 31.2 Å². The largest absolute Gasteiger partial charge is 0.465 e. The first-order chi connectivity index (χ1) is 14.8. The summed E-state index contributed by atoms with van der Waals surface area (Å²) in [5, 5.41) is 0. The van der Waals surface area contributed by atoms with E-state index in [4.69, 9.17) is 4.74 Å². The molecule has 0 atom stereocenters. The average Bonchev–Trinajstić information content (AvgIpc) is 2.78. The minimum atomic E-state index is -0.120. The second-order valence-corrected chi connectivity index (χ2v) is 8.35. The first-order valence-corrected chi connectivity index (χ1v) is 12.1. The molecule has 2 nitrogen and oxygen atoms in total. The van der Waals surface area contributed by atoms with E-state index < -0.39 is 0 Å². The molecule has 0 fully saturated rings. The predicted octanol–water partition coefficient (Wildman–Crippen LogP) is 8.14. The lowest BCUT2D eigenvalue weighted by atomic mass is 10.0. The van der Waals surface area contributed by atoms with Crippen LogP contribution in [0.3, 0.4) is 0 Å². The van der Waals surface area contributed by atoms with Crippen molar-refractivity contribution >= 4 is 5.97 Å². The minimum absolute atomic E-state index is 0.120. The van der Waals surface area contributed by atoms with Gasteiger partial charge in [-0.05, 0) is 23.1 Å². The van der Waals surface area contributed by atoms with Gasteiger partial charge < -0.3 is 4.74 Å². The molecule has 2 aromatic rings. The number of carbonyl (C=O) groups excluding carboxylic acids is 1. The first-order valence-electron chi connectivity index (χ1n) is 12.1. The van der Waals surface area contributed by atoms with Crippen molar-refractivity contribution < 1.29 is 9.53 Å². The Morgan fingerprint density at radius 2 is 1.13 bits per heavy atom. The second kappa shape index (κ2) is 15.7. The number of hydrogen-bond donors (Lipinski definition) is 0. The third kappa shape index (κ3) is 10.6. The zero-order valence-corrected chi connectivity index (χ0v) is 18.9. The van der Waals surface area contributed by atoms with Gasteiger partial charge in [0.1, 0.15) is 0 Å². The Kier molecular flexibility index (Phi) is 12.7. The van der Waals surface area contributed by atoms with Crippen LogP contribution in [-0.4, -0.2) is 12.6 Å². The molecular formula is C28H40O2. The van der Waals surface area contributed by atoms with Crippen LogP contribution in [-0.2, 0) is 16.0 Å². The van der Waals surface area contributed by atoms with Crippen LogP contribution in [0.2, 0.25) is 0 Å². The fourth-order valence-electron chi connectivity index (χ4n) is 3.79. The molecule has 0 unspecified atom stereocenters. The van der Waals surface area contributed by atoms with Crippen molar-refractivity contribution in [1.82, 2.24) is 0 Å². The van der Waals surface area contributed by atoms with Gasteiger partial charge in [0.2, 0.25) is 0 Å². The van der Waals surface area contributed by atoms with Crippen molar-refractivity contribution in [3.8, 4) is 11.1 Å². The molecule has 164 valence electrons. The first kappa shape index (κ1) is 24.2.